The Morgan fingerprint density at radius 3 is 2.37 bits per heavy atom. The van der Waals surface area contributed by atoms with Gasteiger partial charge in [0.05, 0.1) is 25.9 Å². The molecule has 46 heavy (non-hydrogen) atoms. The molecule has 0 fully saturated rings. The summed E-state index contributed by atoms with van der Waals surface area (Å²) in [4.78, 5) is 26.2. The number of carbonyl (C=O) groups excluding carboxylic acids is 1. The fraction of sp³-hybridized carbons (Fsp3) is 0.222. The van der Waals surface area contributed by atoms with Gasteiger partial charge in [-0.3, -0.25) is 4.79 Å². The maximum atomic E-state index is 14.8. The first-order valence-electron chi connectivity index (χ1n) is 15.1. The summed E-state index contributed by atoms with van der Waals surface area (Å²) in [6.45, 7) is 0.568. The van der Waals surface area contributed by atoms with E-state index in [0.717, 1.165) is 28.0 Å². The van der Waals surface area contributed by atoms with Crippen molar-refractivity contribution in [1.82, 2.24) is 10.1 Å². The Labute approximate surface area is 265 Å². The lowest BCUT2D eigenvalue weighted by Crippen LogP contribution is -2.55. The maximum Gasteiger partial charge on any atom is 0.260 e. The number of aromatic nitrogens is 2. The Balaban J connectivity index is 1.25. The molecule has 3 heterocycles. The van der Waals surface area contributed by atoms with Crippen molar-refractivity contribution in [3.05, 3.63) is 126 Å². The molecule has 1 amide bonds. The van der Waals surface area contributed by atoms with Crippen molar-refractivity contribution in [3.63, 3.8) is 0 Å². The minimum absolute atomic E-state index is 0.0662. The number of aliphatic hydroxyl groups is 1. The van der Waals surface area contributed by atoms with Crippen molar-refractivity contribution in [2.75, 3.05) is 25.2 Å². The van der Waals surface area contributed by atoms with Crippen LogP contribution in [0.5, 0.6) is 11.5 Å². The van der Waals surface area contributed by atoms with Crippen molar-refractivity contribution in [2.45, 2.75) is 31.0 Å². The van der Waals surface area contributed by atoms with Crippen LogP contribution in [0.25, 0.3) is 11.5 Å². The molecule has 2 atom stereocenters. The number of benzene rings is 4. The Hall–Kier alpha value is -5.48. The number of para-hydroxylation sites is 1. The van der Waals surface area contributed by atoms with Crippen molar-refractivity contribution in [1.29, 1.82) is 0 Å². The number of fused-ring (bicyclic) bond motifs is 3. The van der Waals surface area contributed by atoms with Crippen LogP contribution in [0.4, 0.5) is 5.69 Å². The molecule has 0 aliphatic carbocycles. The van der Waals surface area contributed by atoms with E-state index in [9.17, 15) is 4.79 Å². The van der Waals surface area contributed by atoms with Gasteiger partial charge in [-0.1, -0.05) is 53.7 Å². The van der Waals surface area contributed by atoms with E-state index >= 15 is 0 Å². The molecular formula is C36H32N4O6. The zero-order valence-electron chi connectivity index (χ0n) is 25.2. The first-order valence-corrected chi connectivity index (χ1v) is 15.1. The van der Waals surface area contributed by atoms with Crippen LogP contribution in [-0.2, 0) is 22.5 Å². The molecule has 2 aliphatic heterocycles. The van der Waals surface area contributed by atoms with E-state index in [0.29, 0.717) is 48.5 Å². The fourth-order valence-corrected chi connectivity index (χ4v) is 5.92. The number of amides is 1. The number of nitrogens with zero attached hydrogens (tertiary/aromatic N) is 4. The number of anilines is 1. The van der Waals surface area contributed by atoms with Crippen LogP contribution in [0.3, 0.4) is 0 Å². The van der Waals surface area contributed by atoms with Gasteiger partial charge in [0.25, 0.3) is 11.8 Å². The lowest BCUT2D eigenvalue weighted by Gasteiger charge is -2.41. The molecule has 7 rings (SSSR count). The summed E-state index contributed by atoms with van der Waals surface area (Å²) in [5.41, 5.74) is 2.72. The first-order chi connectivity index (χ1) is 22.6. The molecule has 1 aromatic heterocycles. The fourth-order valence-electron chi connectivity index (χ4n) is 5.92. The van der Waals surface area contributed by atoms with Gasteiger partial charge >= 0.3 is 0 Å². The number of hydrogen-bond acceptors (Lipinski definition) is 9. The monoisotopic (exact) mass is 616 g/mol. The summed E-state index contributed by atoms with van der Waals surface area (Å²) < 4.78 is 23.2. The van der Waals surface area contributed by atoms with E-state index in [4.69, 9.17) is 28.8 Å². The van der Waals surface area contributed by atoms with Gasteiger partial charge in [0, 0.05) is 36.1 Å². The van der Waals surface area contributed by atoms with E-state index in [1.54, 1.807) is 12.0 Å². The third-order valence-corrected chi connectivity index (χ3v) is 8.18. The van der Waals surface area contributed by atoms with E-state index in [-0.39, 0.29) is 19.1 Å². The largest absolute Gasteiger partial charge is 0.497 e. The number of carbonyl (C=O) groups is 1. The Bertz CT molecular complexity index is 1860. The second-order valence-electron chi connectivity index (χ2n) is 11.1. The summed E-state index contributed by atoms with van der Waals surface area (Å²) >= 11 is 0. The highest BCUT2D eigenvalue weighted by molar-refractivity contribution is 6.09. The molecule has 10 nitrogen and oxygen atoms in total. The highest BCUT2D eigenvalue weighted by Gasteiger charge is 2.58. The van der Waals surface area contributed by atoms with Crippen LogP contribution in [0.1, 0.15) is 35.0 Å². The molecule has 0 radical (unpaired) electrons. The van der Waals surface area contributed by atoms with Gasteiger partial charge < -0.3 is 28.7 Å². The molecule has 0 saturated carbocycles. The molecular weight excluding hydrogens is 584 g/mol. The predicted molar refractivity (Wildman–Crippen MR) is 171 cm³/mol. The van der Waals surface area contributed by atoms with Crippen molar-refractivity contribution in [2.24, 2.45) is 4.99 Å². The van der Waals surface area contributed by atoms with Crippen LogP contribution >= 0.6 is 0 Å². The van der Waals surface area contributed by atoms with Gasteiger partial charge in [0.2, 0.25) is 5.90 Å². The SMILES string of the molecule is COc1ccc(-c2nc(CN3C(=O)[C@]4(Cc5ccccc5)N=C(c5ccc(OCCCO)cc5)O[C@@H]4c4ccccc43)no2)cc1. The van der Waals surface area contributed by atoms with Crippen LogP contribution in [0.2, 0.25) is 0 Å². The van der Waals surface area contributed by atoms with Gasteiger partial charge in [-0.2, -0.15) is 4.98 Å². The van der Waals surface area contributed by atoms with Gasteiger partial charge in [-0.05, 0) is 60.2 Å². The highest BCUT2D eigenvalue weighted by Crippen LogP contribution is 2.50. The molecule has 5 aromatic rings. The molecule has 0 bridgehead atoms. The average Bonchev–Trinajstić information content (AvgIpc) is 3.74. The minimum Gasteiger partial charge on any atom is -0.497 e. The highest BCUT2D eigenvalue weighted by atomic mass is 16.5. The molecule has 232 valence electrons. The molecule has 1 N–H and O–H groups in total. The van der Waals surface area contributed by atoms with Gasteiger partial charge in [0.1, 0.15) is 11.5 Å². The van der Waals surface area contributed by atoms with Crippen LogP contribution < -0.4 is 14.4 Å². The normalized spacial score (nSPS) is 18.4. The third kappa shape index (κ3) is 5.48. The average molecular weight is 617 g/mol. The summed E-state index contributed by atoms with van der Waals surface area (Å²) in [7, 11) is 1.61. The summed E-state index contributed by atoms with van der Waals surface area (Å²) in [6.07, 6.45) is 0.229. The van der Waals surface area contributed by atoms with Gasteiger partial charge in [-0.25, -0.2) is 4.99 Å². The van der Waals surface area contributed by atoms with Crippen LogP contribution in [0, 0.1) is 0 Å². The summed E-state index contributed by atoms with van der Waals surface area (Å²) in [5.74, 6) is 2.28. The topological polar surface area (TPSA) is 120 Å². The van der Waals surface area contributed by atoms with Crippen molar-refractivity contribution in [3.8, 4) is 23.0 Å². The smallest absolute Gasteiger partial charge is 0.260 e. The van der Waals surface area contributed by atoms with E-state index in [2.05, 4.69) is 10.1 Å². The van der Waals surface area contributed by atoms with E-state index < -0.39 is 11.6 Å². The number of rotatable bonds is 11. The predicted octanol–water partition coefficient (Wildman–Crippen LogP) is 5.55. The van der Waals surface area contributed by atoms with E-state index in [1.165, 1.54) is 0 Å². The number of methoxy groups -OCH3 is 1. The van der Waals surface area contributed by atoms with Gasteiger partial charge in [-0.15, -0.1) is 0 Å². The Morgan fingerprint density at radius 2 is 1.61 bits per heavy atom. The molecule has 0 unspecified atom stereocenters. The van der Waals surface area contributed by atoms with Crippen molar-refractivity contribution >= 4 is 17.5 Å². The van der Waals surface area contributed by atoms with Crippen LogP contribution in [0.15, 0.2) is 113 Å². The molecule has 0 saturated heterocycles. The van der Waals surface area contributed by atoms with E-state index in [1.807, 2.05) is 103 Å². The zero-order chi connectivity index (χ0) is 31.5. The number of hydrogen-bond donors (Lipinski definition) is 1. The molecule has 2 aliphatic rings. The van der Waals surface area contributed by atoms with Crippen molar-refractivity contribution < 1.29 is 28.6 Å². The number of ether oxygens (including phenoxy) is 3. The van der Waals surface area contributed by atoms with Gasteiger partial charge in [0.15, 0.2) is 17.5 Å². The summed E-state index contributed by atoms with van der Waals surface area (Å²) in [5, 5.41) is 13.3. The first kappa shape index (κ1) is 29.2. The number of aliphatic imine (C=N–C) groups is 1. The van der Waals surface area contributed by atoms with Crippen LogP contribution in [-0.4, -0.2) is 52.9 Å². The standard InChI is InChI=1S/C36H32N4O6/c1-43-27-16-12-25(13-17-27)33-37-31(39-46-33)23-40-30-11-6-5-10-29(30)32-36(35(40)42,22-24-8-3-2-4-9-24)38-34(45-32)26-14-18-28(19-15-26)44-21-7-20-41/h2-6,8-19,32,41H,7,20-23H2,1H3/t32-,36-/m1/s1. The molecule has 4 aromatic carbocycles. The second kappa shape index (κ2) is 12.5. The zero-order valence-corrected chi connectivity index (χ0v) is 25.2. The Kier molecular flexibility index (Phi) is 7.94. The maximum absolute atomic E-state index is 14.8. The summed E-state index contributed by atoms with van der Waals surface area (Å²) in [6, 6.07) is 32.3. The lowest BCUT2D eigenvalue weighted by atomic mass is 9.78. The molecule has 0 spiro atoms. The third-order valence-electron chi connectivity index (χ3n) is 8.18. The minimum atomic E-state index is -1.27. The molecule has 10 heteroatoms. The quantitative estimate of drug-likeness (QED) is 0.192. The number of aliphatic hydroxyl groups excluding tert-OH is 1. The second-order valence-corrected chi connectivity index (χ2v) is 11.1. The lowest BCUT2D eigenvalue weighted by molar-refractivity contribution is -0.127. The Morgan fingerprint density at radius 1 is 0.891 bits per heavy atom.